The maximum atomic E-state index is 12.8. The first-order chi connectivity index (χ1) is 13.2. The fourth-order valence-electron chi connectivity index (χ4n) is 4.20. The smallest absolute Gasteiger partial charge is 0.222 e. The Morgan fingerprint density at radius 1 is 0.929 bits per heavy atom. The SMILES string of the molecule is Cl.NC[C@@H]1CN(C(=O)CCc2ccc3ccccc3c2)C[C@H]1c1ccccc1. The van der Waals surface area contributed by atoms with Gasteiger partial charge in [-0.2, -0.15) is 0 Å². The van der Waals surface area contributed by atoms with Crippen molar-refractivity contribution in [1.82, 2.24) is 4.90 Å². The number of benzene rings is 3. The molecule has 0 aromatic heterocycles. The zero-order valence-corrected chi connectivity index (χ0v) is 16.8. The first-order valence-corrected chi connectivity index (χ1v) is 9.75. The van der Waals surface area contributed by atoms with Crippen molar-refractivity contribution < 1.29 is 4.79 Å². The predicted octanol–water partition coefficient (Wildman–Crippen LogP) is 4.40. The van der Waals surface area contributed by atoms with Crippen LogP contribution in [0.1, 0.15) is 23.5 Å². The summed E-state index contributed by atoms with van der Waals surface area (Å²) in [4.78, 5) is 14.8. The Hall–Kier alpha value is -2.36. The lowest BCUT2D eigenvalue weighted by atomic mass is 9.89. The van der Waals surface area contributed by atoms with Gasteiger partial charge in [-0.25, -0.2) is 0 Å². The monoisotopic (exact) mass is 394 g/mol. The number of carbonyl (C=O) groups excluding carboxylic acids is 1. The van der Waals surface area contributed by atoms with Gasteiger partial charge in [-0.15, -0.1) is 12.4 Å². The van der Waals surface area contributed by atoms with Crippen LogP contribution < -0.4 is 5.73 Å². The second-order valence-corrected chi connectivity index (χ2v) is 7.49. The zero-order valence-electron chi connectivity index (χ0n) is 16.0. The largest absolute Gasteiger partial charge is 0.342 e. The molecule has 0 unspecified atom stereocenters. The van der Waals surface area contributed by atoms with Crippen LogP contribution >= 0.6 is 12.4 Å². The molecule has 4 heteroatoms. The third kappa shape index (κ3) is 4.37. The molecule has 3 aromatic rings. The number of rotatable bonds is 5. The van der Waals surface area contributed by atoms with E-state index >= 15 is 0 Å². The van der Waals surface area contributed by atoms with Crippen molar-refractivity contribution in [2.45, 2.75) is 18.8 Å². The van der Waals surface area contributed by atoms with Crippen LogP contribution in [0.25, 0.3) is 10.8 Å². The number of nitrogens with two attached hydrogens (primary N) is 1. The Labute approximate surface area is 172 Å². The third-order valence-electron chi connectivity index (χ3n) is 5.77. The molecule has 4 rings (SSSR count). The van der Waals surface area contributed by atoms with Crippen molar-refractivity contribution in [3.63, 3.8) is 0 Å². The van der Waals surface area contributed by atoms with Gasteiger partial charge in [-0.05, 0) is 40.8 Å². The van der Waals surface area contributed by atoms with Crippen molar-refractivity contribution in [2.75, 3.05) is 19.6 Å². The number of hydrogen-bond acceptors (Lipinski definition) is 2. The molecule has 0 spiro atoms. The lowest BCUT2D eigenvalue weighted by molar-refractivity contribution is -0.130. The van der Waals surface area contributed by atoms with E-state index in [1.54, 1.807) is 0 Å². The van der Waals surface area contributed by atoms with E-state index in [1.807, 2.05) is 11.0 Å². The molecule has 1 aliphatic rings. The number of halogens is 1. The predicted molar refractivity (Wildman–Crippen MR) is 118 cm³/mol. The van der Waals surface area contributed by atoms with Gasteiger partial charge in [-0.3, -0.25) is 4.79 Å². The van der Waals surface area contributed by atoms with Crippen LogP contribution in [0.4, 0.5) is 0 Å². The first kappa shape index (κ1) is 20.4. The van der Waals surface area contributed by atoms with Gasteiger partial charge < -0.3 is 10.6 Å². The second-order valence-electron chi connectivity index (χ2n) is 7.49. The summed E-state index contributed by atoms with van der Waals surface area (Å²) < 4.78 is 0. The normalized spacial score (nSPS) is 18.8. The molecule has 0 radical (unpaired) electrons. The Morgan fingerprint density at radius 2 is 1.64 bits per heavy atom. The lowest BCUT2D eigenvalue weighted by Gasteiger charge is -2.17. The fourth-order valence-corrected chi connectivity index (χ4v) is 4.20. The van der Waals surface area contributed by atoms with Crippen LogP contribution in [-0.2, 0) is 11.2 Å². The molecule has 0 saturated carbocycles. The molecule has 2 N–H and O–H groups in total. The summed E-state index contributed by atoms with van der Waals surface area (Å²) in [6, 6.07) is 25.3. The molecule has 3 nitrogen and oxygen atoms in total. The van der Waals surface area contributed by atoms with E-state index in [-0.39, 0.29) is 18.3 Å². The summed E-state index contributed by atoms with van der Waals surface area (Å²) in [5.74, 6) is 0.929. The molecule has 0 bridgehead atoms. The average Bonchev–Trinajstić information content (AvgIpc) is 3.17. The Kier molecular flexibility index (Phi) is 6.71. The van der Waals surface area contributed by atoms with Crippen molar-refractivity contribution in [2.24, 2.45) is 11.7 Å². The summed E-state index contributed by atoms with van der Waals surface area (Å²) in [6.07, 6.45) is 1.33. The van der Waals surface area contributed by atoms with Crippen LogP contribution in [0.15, 0.2) is 72.8 Å². The molecule has 146 valence electrons. The number of amides is 1. The quantitative estimate of drug-likeness (QED) is 0.697. The highest BCUT2D eigenvalue weighted by Gasteiger charge is 2.34. The minimum atomic E-state index is 0. The molecule has 1 saturated heterocycles. The Morgan fingerprint density at radius 3 is 2.39 bits per heavy atom. The Bertz CT molecular complexity index is 928. The zero-order chi connectivity index (χ0) is 18.6. The van der Waals surface area contributed by atoms with Crippen LogP contribution in [0.3, 0.4) is 0 Å². The number of carbonyl (C=O) groups is 1. The molecule has 0 aliphatic carbocycles. The van der Waals surface area contributed by atoms with E-state index in [2.05, 4.69) is 66.7 Å². The molecule has 2 atom stereocenters. The summed E-state index contributed by atoms with van der Waals surface area (Å²) >= 11 is 0. The third-order valence-corrected chi connectivity index (χ3v) is 5.77. The summed E-state index contributed by atoms with van der Waals surface area (Å²) in [5, 5.41) is 2.47. The summed E-state index contributed by atoms with van der Waals surface area (Å²) in [5.41, 5.74) is 8.51. The standard InChI is InChI=1S/C24H26N2O.ClH/c25-15-22-16-26(17-23(22)20-7-2-1-3-8-20)24(27)13-11-18-10-12-19-6-4-5-9-21(19)14-18;/h1-10,12,14,22-23H,11,13,15-17,25H2;1H/t22-,23+;/m1./s1. The number of likely N-dealkylation sites (tertiary alicyclic amines) is 1. The van der Waals surface area contributed by atoms with E-state index < -0.39 is 0 Å². The number of aryl methyl sites for hydroxylation is 1. The molecule has 3 aromatic carbocycles. The second kappa shape index (κ2) is 9.22. The van der Waals surface area contributed by atoms with Gasteiger partial charge in [0.25, 0.3) is 0 Å². The maximum Gasteiger partial charge on any atom is 0.222 e. The summed E-state index contributed by atoms with van der Waals surface area (Å²) in [7, 11) is 0. The average molecular weight is 395 g/mol. The van der Waals surface area contributed by atoms with Gasteiger partial charge in [0.05, 0.1) is 0 Å². The van der Waals surface area contributed by atoms with Gasteiger partial charge in [0.15, 0.2) is 0 Å². The number of nitrogens with zero attached hydrogens (tertiary/aromatic N) is 1. The van der Waals surface area contributed by atoms with E-state index in [4.69, 9.17) is 5.73 Å². The van der Waals surface area contributed by atoms with E-state index in [0.717, 1.165) is 19.5 Å². The molecule has 1 fully saturated rings. The maximum absolute atomic E-state index is 12.8. The number of hydrogen-bond donors (Lipinski definition) is 1. The molecule has 1 aliphatic heterocycles. The van der Waals surface area contributed by atoms with Crippen LogP contribution in [-0.4, -0.2) is 30.4 Å². The topological polar surface area (TPSA) is 46.3 Å². The molecule has 28 heavy (non-hydrogen) atoms. The van der Waals surface area contributed by atoms with Crippen molar-refractivity contribution in [3.05, 3.63) is 83.9 Å². The van der Waals surface area contributed by atoms with Gasteiger partial charge in [-0.1, -0.05) is 72.8 Å². The Balaban J connectivity index is 0.00000225. The van der Waals surface area contributed by atoms with Gasteiger partial charge in [0.2, 0.25) is 5.91 Å². The van der Waals surface area contributed by atoms with Crippen molar-refractivity contribution >= 4 is 29.1 Å². The van der Waals surface area contributed by atoms with E-state index in [0.29, 0.717) is 24.8 Å². The van der Waals surface area contributed by atoms with Crippen LogP contribution in [0.5, 0.6) is 0 Å². The molecule has 1 heterocycles. The van der Waals surface area contributed by atoms with Gasteiger partial charge in [0, 0.05) is 25.4 Å². The molecular formula is C24H27ClN2O. The number of fused-ring (bicyclic) bond motifs is 1. The minimum Gasteiger partial charge on any atom is -0.342 e. The highest BCUT2D eigenvalue weighted by atomic mass is 35.5. The highest BCUT2D eigenvalue weighted by molar-refractivity contribution is 5.85. The van der Waals surface area contributed by atoms with Crippen molar-refractivity contribution in [3.8, 4) is 0 Å². The lowest BCUT2D eigenvalue weighted by Crippen LogP contribution is -2.30. The van der Waals surface area contributed by atoms with Crippen molar-refractivity contribution in [1.29, 1.82) is 0 Å². The first-order valence-electron chi connectivity index (χ1n) is 9.75. The molecular weight excluding hydrogens is 368 g/mol. The molecule has 1 amide bonds. The van der Waals surface area contributed by atoms with E-state index in [9.17, 15) is 4.79 Å². The van der Waals surface area contributed by atoms with Gasteiger partial charge in [0.1, 0.15) is 0 Å². The van der Waals surface area contributed by atoms with Crippen LogP contribution in [0.2, 0.25) is 0 Å². The highest BCUT2D eigenvalue weighted by Crippen LogP contribution is 2.32. The van der Waals surface area contributed by atoms with Crippen LogP contribution in [0, 0.1) is 5.92 Å². The summed E-state index contributed by atoms with van der Waals surface area (Å²) in [6.45, 7) is 2.17. The van der Waals surface area contributed by atoms with E-state index in [1.165, 1.54) is 21.9 Å². The minimum absolute atomic E-state index is 0. The van der Waals surface area contributed by atoms with Gasteiger partial charge >= 0.3 is 0 Å². The fraction of sp³-hybridized carbons (Fsp3) is 0.292.